The Bertz CT molecular complexity index is 744. The topological polar surface area (TPSA) is 84.0 Å². The number of urea groups is 1. The van der Waals surface area contributed by atoms with Crippen LogP contribution in [0.2, 0.25) is 0 Å². The summed E-state index contributed by atoms with van der Waals surface area (Å²) in [6, 6.07) is 6.15. The number of hydrogen-bond acceptors (Lipinski definition) is 5. The van der Waals surface area contributed by atoms with E-state index < -0.39 is 28.1 Å². The van der Waals surface area contributed by atoms with Crippen LogP contribution in [0.5, 0.6) is 0 Å². The van der Waals surface area contributed by atoms with Crippen molar-refractivity contribution in [3.63, 3.8) is 0 Å². The Morgan fingerprint density at radius 3 is 2.36 bits per heavy atom. The lowest BCUT2D eigenvalue weighted by Gasteiger charge is -2.33. The minimum atomic E-state index is -4.00. The predicted octanol–water partition coefficient (Wildman–Crippen LogP) is 1.99. The molecule has 2 fully saturated rings. The second-order valence-corrected chi connectivity index (χ2v) is 8.23. The van der Waals surface area contributed by atoms with Crippen LogP contribution in [0.3, 0.4) is 0 Å². The lowest BCUT2D eigenvalue weighted by molar-refractivity contribution is -0.145. The summed E-state index contributed by atoms with van der Waals surface area (Å²) in [5.41, 5.74) is 0. The zero-order valence-electron chi connectivity index (χ0n) is 14.1. The molecule has 1 unspecified atom stereocenters. The van der Waals surface area contributed by atoms with Gasteiger partial charge in [-0.3, -0.25) is 0 Å². The number of sulfonamides is 1. The Kier molecular flexibility index (Phi) is 4.99. The molecule has 8 heteroatoms. The van der Waals surface area contributed by atoms with Gasteiger partial charge in [0.25, 0.3) is 10.0 Å². The molecule has 3 rings (SSSR count). The number of carbonyl (C=O) groups is 2. The molecule has 0 N–H and O–H groups in total. The number of esters is 1. The normalized spacial score (nSPS) is 22.3. The van der Waals surface area contributed by atoms with Gasteiger partial charge in [0.05, 0.1) is 18.6 Å². The quantitative estimate of drug-likeness (QED) is 0.761. The van der Waals surface area contributed by atoms with E-state index in [1.807, 2.05) is 0 Å². The predicted molar refractivity (Wildman–Crippen MR) is 90.2 cm³/mol. The minimum Gasteiger partial charge on any atom is -0.467 e. The standard InChI is InChI=1S/C17H22N2O5S/c1-24-16(20)15-12-18(25(22,23)14-10-6-3-7-11-14)17(21)19(15)13-8-4-2-5-9-13/h3,6-7,10-11,13,15H,2,4-5,8-9,12H2,1H3. The van der Waals surface area contributed by atoms with Gasteiger partial charge in [0.15, 0.2) is 6.04 Å². The van der Waals surface area contributed by atoms with Crippen LogP contribution in [0.1, 0.15) is 32.1 Å². The van der Waals surface area contributed by atoms with Crippen molar-refractivity contribution < 1.29 is 22.7 Å². The molecule has 0 bridgehead atoms. The second-order valence-electron chi connectivity index (χ2n) is 6.37. The van der Waals surface area contributed by atoms with Crippen molar-refractivity contribution in [1.29, 1.82) is 0 Å². The smallest absolute Gasteiger partial charge is 0.335 e. The molecule has 0 radical (unpaired) electrons. The number of benzene rings is 1. The molecule has 1 saturated carbocycles. The highest BCUT2D eigenvalue weighted by molar-refractivity contribution is 7.89. The summed E-state index contributed by atoms with van der Waals surface area (Å²) >= 11 is 0. The third-order valence-electron chi connectivity index (χ3n) is 4.88. The number of amides is 2. The van der Waals surface area contributed by atoms with E-state index in [-0.39, 0.29) is 17.5 Å². The Balaban J connectivity index is 1.94. The first kappa shape index (κ1) is 17.7. The van der Waals surface area contributed by atoms with Gasteiger partial charge in [0.1, 0.15) is 0 Å². The molecule has 1 aromatic carbocycles. The first-order valence-electron chi connectivity index (χ1n) is 8.44. The molecule has 136 valence electrons. The Morgan fingerprint density at radius 2 is 1.76 bits per heavy atom. The average Bonchev–Trinajstić information content (AvgIpc) is 3.00. The summed E-state index contributed by atoms with van der Waals surface area (Å²) in [6.07, 6.45) is 4.58. The van der Waals surface area contributed by atoms with E-state index in [4.69, 9.17) is 4.74 Å². The fraction of sp³-hybridized carbons (Fsp3) is 0.529. The maximum atomic E-state index is 12.9. The zero-order chi connectivity index (χ0) is 18.0. The van der Waals surface area contributed by atoms with Gasteiger partial charge in [-0.25, -0.2) is 22.3 Å². The van der Waals surface area contributed by atoms with Gasteiger partial charge in [-0.05, 0) is 25.0 Å². The number of nitrogens with zero attached hydrogens (tertiary/aromatic N) is 2. The third kappa shape index (κ3) is 3.22. The fourth-order valence-electron chi connectivity index (χ4n) is 3.60. The van der Waals surface area contributed by atoms with Crippen molar-refractivity contribution in [2.24, 2.45) is 0 Å². The molecule has 1 heterocycles. The number of hydrogen-bond donors (Lipinski definition) is 0. The van der Waals surface area contributed by atoms with Crippen molar-refractivity contribution in [2.45, 2.75) is 49.1 Å². The Hall–Kier alpha value is -2.09. The first-order valence-corrected chi connectivity index (χ1v) is 9.88. The molecule has 1 saturated heterocycles. The number of methoxy groups -OCH3 is 1. The summed E-state index contributed by atoms with van der Waals surface area (Å²) in [7, 11) is -2.75. The lowest BCUT2D eigenvalue weighted by atomic mass is 9.93. The summed E-state index contributed by atoms with van der Waals surface area (Å²) in [4.78, 5) is 26.6. The molecular weight excluding hydrogens is 344 g/mol. The lowest BCUT2D eigenvalue weighted by Crippen LogP contribution is -2.47. The van der Waals surface area contributed by atoms with Crippen molar-refractivity contribution in [2.75, 3.05) is 13.7 Å². The van der Waals surface area contributed by atoms with Crippen LogP contribution in [-0.4, -0.2) is 55.4 Å². The SMILES string of the molecule is COC(=O)C1CN(S(=O)(=O)c2ccccc2)C(=O)N1C1CCCCC1. The molecule has 0 aromatic heterocycles. The van der Waals surface area contributed by atoms with Crippen LogP contribution in [0, 0.1) is 0 Å². The molecule has 7 nitrogen and oxygen atoms in total. The van der Waals surface area contributed by atoms with Gasteiger partial charge in [-0.2, -0.15) is 0 Å². The van der Waals surface area contributed by atoms with Crippen molar-refractivity contribution in [3.05, 3.63) is 30.3 Å². The van der Waals surface area contributed by atoms with E-state index in [1.165, 1.54) is 24.1 Å². The fourth-order valence-corrected chi connectivity index (χ4v) is 4.99. The summed E-state index contributed by atoms with van der Waals surface area (Å²) in [5, 5.41) is 0. The third-order valence-corrected chi connectivity index (χ3v) is 6.63. The summed E-state index contributed by atoms with van der Waals surface area (Å²) < 4.78 is 31.3. The zero-order valence-corrected chi connectivity index (χ0v) is 14.9. The van der Waals surface area contributed by atoms with Gasteiger partial charge >= 0.3 is 12.0 Å². The molecule has 1 aromatic rings. The molecule has 1 atom stereocenters. The molecule has 1 aliphatic carbocycles. The largest absolute Gasteiger partial charge is 0.467 e. The van der Waals surface area contributed by atoms with Gasteiger partial charge in [-0.15, -0.1) is 0 Å². The van der Waals surface area contributed by atoms with Crippen LogP contribution >= 0.6 is 0 Å². The number of carbonyl (C=O) groups excluding carboxylic acids is 2. The van der Waals surface area contributed by atoms with Crippen molar-refractivity contribution in [3.8, 4) is 0 Å². The molecule has 0 spiro atoms. The average molecular weight is 366 g/mol. The van der Waals surface area contributed by atoms with Gasteiger partial charge in [0, 0.05) is 6.04 Å². The van der Waals surface area contributed by atoms with Crippen molar-refractivity contribution >= 4 is 22.0 Å². The summed E-state index contributed by atoms with van der Waals surface area (Å²) in [5.74, 6) is -0.579. The molecule has 1 aliphatic heterocycles. The van der Waals surface area contributed by atoms with E-state index in [0.29, 0.717) is 0 Å². The van der Waals surface area contributed by atoms with E-state index in [2.05, 4.69) is 0 Å². The van der Waals surface area contributed by atoms with E-state index in [0.717, 1.165) is 36.4 Å². The van der Waals surface area contributed by atoms with Gasteiger partial charge < -0.3 is 9.64 Å². The van der Waals surface area contributed by atoms with E-state index in [1.54, 1.807) is 18.2 Å². The van der Waals surface area contributed by atoms with Crippen LogP contribution in [0.25, 0.3) is 0 Å². The Labute approximate surface area is 147 Å². The second kappa shape index (κ2) is 7.03. The van der Waals surface area contributed by atoms with Crippen LogP contribution < -0.4 is 0 Å². The number of ether oxygens (including phenoxy) is 1. The maximum Gasteiger partial charge on any atom is 0.335 e. The maximum absolute atomic E-state index is 12.9. The molecule has 25 heavy (non-hydrogen) atoms. The Morgan fingerprint density at radius 1 is 1.12 bits per heavy atom. The van der Waals surface area contributed by atoms with E-state index >= 15 is 0 Å². The number of rotatable bonds is 4. The van der Waals surface area contributed by atoms with Crippen molar-refractivity contribution in [1.82, 2.24) is 9.21 Å². The van der Waals surface area contributed by atoms with E-state index in [9.17, 15) is 18.0 Å². The summed E-state index contributed by atoms with van der Waals surface area (Å²) in [6.45, 7) is -0.209. The highest BCUT2D eigenvalue weighted by Crippen LogP contribution is 2.32. The first-order chi connectivity index (χ1) is 12.0. The minimum absolute atomic E-state index is 0.0393. The van der Waals surface area contributed by atoms with Crippen LogP contribution in [0.4, 0.5) is 4.79 Å². The molecule has 2 amide bonds. The van der Waals surface area contributed by atoms with Gasteiger partial charge in [0.2, 0.25) is 0 Å². The monoisotopic (exact) mass is 366 g/mol. The highest BCUT2D eigenvalue weighted by Gasteiger charge is 2.50. The van der Waals surface area contributed by atoms with Crippen LogP contribution in [0.15, 0.2) is 35.2 Å². The van der Waals surface area contributed by atoms with Crippen LogP contribution in [-0.2, 0) is 19.6 Å². The molecule has 2 aliphatic rings. The van der Waals surface area contributed by atoms with Gasteiger partial charge in [-0.1, -0.05) is 37.5 Å². The highest BCUT2D eigenvalue weighted by atomic mass is 32.2. The molecular formula is C17H22N2O5S.